The number of sulfonamides is 2. The van der Waals surface area contributed by atoms with Crippen LogP contribution < -0.4 is 0 Å². The average Bonchev–Trinajstić information content (AvgIpc) is 2.77. The van der Waals surface area contributed by atoms with Gasteiger partial charge in [0.25, 0.3) is 10.0 Å². The summed E-state index contributed by atoms with van der Waals surface area (Å²) in [5.41, 5.74) is -9.56. The van der Waals surface area contributed by atoms with Crippen LogP contribution in [0.3, 0.4) is 0 Å². The van der Waals surface area contributed by atoms with E-state index in [-0.39, 0.29) is 30.3 Å². The fourth-order valence-corrected chi connectivity index (χ4v) is 7.48. The van der Waals surface area contributed by atoms with Gasteiger partial charge in [0.05, 0.1) is 53.5 Å². The SMILES string of the molecule is C[N+](C)([O-])CCCN(S(=O)(=O)Cc1cc(C(F)(F)F)cc(C(F)(F)F)c1)S(=O)(=O)c1cc(C(F)(F)F)cc(C(F)(F)F)c1. The Labute approximate surface area is 236 Å². The van der Waals surface area contributed by atoms with Gasteiger partial charge in [0, 0.05) is 13.0 Å². The van der Waals surface area contributed by atoms with Gasteiger partial charge in [-0.2, -0.15) is 52.7 Å². The van der Waals surface area contributed by atoms with Gasteiger partial charge < -0.3 is 9.85 Å². The molecule has 0 bridgehead atoms. The second-order valence-corrected chi connectivity index (χ2v) is 13.6. The minimum atomic E-state index is -5.95. The largest absolute Gasteiger partial charge is 0.633 e. The first-order valence-corrected chi connectivity index (χ1v) is 14.4. The quantitative estimate of drug-likeness (QED) is 0.177. The van der Waals surface area contributed by atoms with Crippen LogP contribution >= 0.6 is 0 Å². The highest BCUT2D eigenvalue weighted by Crippen LogP contribution is 2.39. The Balaban J connectivity index is 2.79. The summed E-state index contributed by atoms with van der Waals surface area (Å²) >= 11 is 0. The highest BCUT2D eigenvalue weighted by atomic mass is 32.3. The first-order valence-electron chi connectivity index (χ1n) is 11.3. The summed E-state index contributed by atoms with van der Waals surface area (Å²) in [5, 5.41) is 11.9. The van der Waals surface area contributed by atoms with Gasteiger partial charge in [-0.25, -0.2) is 16.8 Å². The molecule has 2 aromatic carbocycles. The van der Waals surface area contributed by atoms with Crippen molar-refractivity contribution in [2.45, 2.75) is 41.8 Å². The Morgan fingerprint density at radius 2 is 1.00 bits per heavy atom. The molecule has 2 aromatic rings. The van der Waals surface area contributed by atoms with Crippen LogP contribution in [0.25, 0.3) is 0 Å². The molecule has 2 rings (SSSR count). The zero-order valence-corrected chi connectivity index (χ0v) is 23.2. The molecule has 0 heterocycles. The lowest BCUT2D eigenvalue weighted by Gasteiger charge is -2.34. The number of halogens is 12. The summed E-state index contributed by atoms with van der Waals surface area (Å²) in [7, 11) is -9.63. The molecule has 0 saturated carbocycles. The molecule has 0 aliphatic heterocycles. The van der Waals surface area contributed by atoms with Crippen molar-refractivity contribution in [3.05, 3.63) is 69.4 Å². The highest BCUT2D eigenvalue weighted by molar-refractivity contribution is 8.03. The molecule has 0 fully saturated rings. The van der Waals surface area contributed by atoms with Crippen LogP contribution in [0.15, 0.2) is 41.3 Å². The van der Waals surface area contributed by atoms with E-state index in [9.17, 15) is 74.7 Å². The van der Waals surface area contributed by atoms with Crippen LogP contribution in [-0.2, 0) is 50.5 Å². The Kier molecular flexibility index (Phi) is 9.96. The van der Waals surface area contributed by atoms with Gasteiger partial charge in [0.2, 0.25) is 10.0 Å². The van der Waals surface area contributed by atoms with Crippen molar-refractivity contribution in [3.63, 3.8) is 0 Å². The lowest BCUT2D eigenvalue weighted by Crippen LogP contribution is -2.41. The molecule has 0 N–H and O–H groups in total. The van der Waals surface area contributed by atoms with E-state index in [2.05, 4.69) is 0 Å². The maximum Gasteiger partial charge on any atom is 0.416 e. The van der Waals surface area contributed by atoms with Crippen molar-refractivity contribution in [2.75, 3.05) is 27.2 Å². The number of rotatable bonds is 9. The van der Waals surface area contributed by atoms with Crippen LogP contribution in [0.4, 0.5) is 52.7 Å². The average molecular weight is 685 g/mol. The number of nitrogens with zero attached hydrogens (tertiary/aromatic N) is 2. The summed E-state index contributed by atoms with van der Waals surface area (Å²) in [6, 6.07) is -1.58. The first kappa shape index (κ1) is 36.6. The molecular weight excluding hydrogens is 664 g/mol. The van der Waals surface area contributed by atoms with Crippen molar-refractivity contribution < 1.29 is 74.2 Å². The molecule has 0 spiro atoms. The third kappa shape index (κ3) is 9.68. The van der Waals surface area contributed by atoms with E-state index in [0.29, 0.717) is 0 Å². The van der Waals surface area contributed by atoms with Crippen LogP contribution in [0, 0.1) is 5.21 Å². The number of hydrogen-bond donors (Lipinski definition) is 0. The van der Waals surface area contributed by atoms with Crippen LogP contribution in [-0.4, -0.2) is 52.4 Å². The van der Waals surface area contributed by atoms with E-state index >= 15 is 0 Å². The predicted octanol–water partition coefficient (Wildman–Crippen LogP) is 6.25. The maximum atomic E-state index is 13.3. The zero-order chi connectivity index (χ0) is 33.6. The van der Waals surface area contributed by atoms with Crippen molar-refractivity contribution in [1.29, 1.82) is 0 Å². The number of alkyl halides is 12. The predicted molar refractivity (Wildman–Crippen MR) is 124 cm³/mol. The summed E-state index contributed by atoms with van der Waals surface area (Å²) in [4.78, 5) is -1.85. The molecule has 7 nitrogen and oxygen atoms in total. The fourth-order valence-electron chi connectivity index (χ4n) is 3.57. The van der Waals surface area contributed by atoms with Gasteiger partial charge in [-0.15, -0.1) is 0 Å². The standard InChI is InChI=1S/C22H20F12N2O5S2/c1-36(2,37)5-3-4-35(43(40,41)18-10-16(21(29,30)31)9-17(11-18)22(32,33)34)42(38,39)12-13-6-14(19(23,24)25)8-15(7-13)20(26,27)28/h6-11H,3-5,12H2,1-2H3. The van der Waals surface area contributed by atoms with Crippen molar-refractivity contribution in [3.8, 4) is 0 Å². The van der Waals surface area contributed by atoms with Crippen molar-refractivity contribution in [2.24, 2.45) is 0 Å². The van der Waals surface area contributed by atoms with E-state index in [0.717, 1.165) is 14.1 Å². The topological polar surface area (TPSA) is 94.6 Å². The van der Waals surface area contributed by atoms with Gasteiger partial charge in [-0.05, 0) is 42.0 Å². The Hall–Kier alpha value is -2.62. The van der Waals surface area contributed by atoms with Gasteiger partial charge in [0.1, 0.15) is 0 Å². The molecule has 0 radical (unpaired) electrons. The second kappa shape index (κ2) is 11.7. The molecule has 0 aliphatic carbocycles. The van der Waals surface area contributed by atoms with E-state index in [1.165, 1.54) is 0 Å². The Bertz CT molecular complexity index is 1480. The second-order valence-electron chi connectivity index (χ2n) is 9.56. The Morgan fingerprint density at radius 1 is 0.651 bits per heavy atom. The van der Waals surface area contributed by atoms with Gasteiger partial charge in [0.15, 0.2) is 0 Å². The highest BCUT2D eigenvalue weighted by Gasteiger charge is 2.43. The molecule has 0 atom stereocenters. The Morgan fingerprint density at radius 3 is 1.33 bits per heavy atom. The number of hydrogen-bond acceptors (Lipinski definition) is 5. The normalized spacial score (nSPS) is 14.4. The fraction of sp³-hybridized carbons (Fsp3) is 0.455. The third-order valence-corrected chi connectivity index (χ3v) is 9.79. The third-order valence-electron chi connectivity index (χ3n) is 5.47. The summed E-state index contributed by atoms with van der Waals surface area (Å²) in [6.45, 7) is -1.91. The number of benzene rings is 2. The van der Waals surface area contributed by atoms with Crippen LogP contribution in [0.2, 0.25) is 0 Å². The van der Waals surface area contributed by atoms with Crippen molar-refractivity contribution in [1.82, 2.24) is 3.71 Å². The molecular formula is C22H20F12N2O5S2. The molecule has 0 saturated heterocycles. The minimum Gasteiger partial charge on any atom is -0.633 e. The van der Waals surface area contributed by atoms with Gasteiger partial charge in [-0.1, -0.05) is 3.71 Å². The van der Waals surface area contributed by atoms with Gasteiger partial charge >= 0.3 is 24.7 Å². The lowest BCUT2D eigenvalue weighted by molar-refractivity contribution is -0.840. The first-order chi connectivity index (χ1) is 18.9. The van der Waals surface area contributed by atoms with Crippen LogP contribution in [0.1, 0.15) is 34.2 Å². The minimum absolute atomic E-state index is 0.0543. The van der Waals surface area contributed by atoms with Crippen LogP contribution in [0.5, 0.6) is 0 Å². The monoisotopic (exact) mass is 684 g/mol. The number of quaternary nitrogens is 1. The van der Waals surface area contributed by atoms with Crippen molar-refractivity contribution >= 4 is 20.0 Å². The zero-order valence-electron chi connectivity index (χ0n) is 21.6. The molecule has 0 aliphatic rings. The molecule has 0 amide bonds. The maximum absolute atomic E-state index is 13.3. The molecule has 21 heteroatoms. The van der Waals surface area contributed by atoms with E-state index in [1.54, 1.807) is 0 Å². The van der Waals surface area contributed by atoms with E-state index < -0.39 is 117 Å². The van der Waals surface area contributed by atoms with E-state index in [1.807, 2.05) is 0 Å². The lowest BCUT2D eigenvalue weighted by atomic mass is 10.1. The molecule has 0 aromatic heterocycles. The summed E-state index contributed by atoms with van der Waals surface area (Å²) < 4.78 is 211. The molecule has 244 valence electrons. The summed E-state index contributed by atoms with van der Waals surface area (Å²) in [6.07, 6.45) is -22.8. The van der Waals surface area contributed by atoms with E-state index in [4.69, 9.17) is 0 Å². The molecule has 0 unspecified atom stereocenters. The summed E-state index contributed by atoms with van der Waals surface area (Å²) in [5.74, 6) is -1.92. The molecule has 43 heavy (non-hydrogen) atoms. The number of hydroxylamine groups is 3. The van der Waals surface area contributed by atoms with Gasteiger partial charge in [-0.3, -0.25) is 0 Å². The smallest absolute Gasteiger partial charge is 0.416 e.